The molecule has 1 aliphatic rings. The summed E-state index contributed by atoms with van der Waals surface area (Å²) in [5, 5.41) is 11.0. The van der Waals surface area contributed by atoms with Crippen LogP contribution >= 0.6 is 0 Å². The van der Waals surface area contributed by atoms with E-state index in [1.807, 2.05) is 0 Å². The number of carbonyl (C=O) groups excluding carboxylic acids is 1. The Morgan fingerprint density at radius 3 is 2.76 bits per heavy atom. The normalized spacial score (nSPS) is 18.5. The standard InChI is InChI=1S/C9H16N2O5S/c12-8-3-5-11(6-4-10-8)17(15,16)7-1-2-9(13)14/h1-7H2,(H,10,12)(H,13,14). The van der Waals surface area contributed by atoms with Gasteiger partial charge in [0.2, 0.25) is 15.9 Å². The molecule has 0 aromatic carbocycles. The number of carboxylic acid groups (broad SMARTS) is 1. The van der Waals surface area contributed by atoms with E-state index < -0.39 is 16.0 Å². The minimum Gasteiger partial charge on any atom is -0.481 e. The Morgan fingerprint density at radius 1 is 1.41 bits per heavy atom. The second-order valence-corrected chi connectivity index (χ2v) is 5.90. The topological polar surface area (TPSA) is 104 Å². The number of sulfonamides is 1. The Bertz CT molecular complexity index is 392. The van der Waals surface area contributed by atoms with Crippen LogP contribution in [0.5, 0.6) is 0 Å². The van der Waals surface area contributed by atoms with E-state index in [0.29, 0.717) is 6.54 Å². The van der Waals surface area contributed by atoms with E-state index in [0.717, 1.165) is 0 Å². The first-order chi connectivity index (χ1) is 7.92. The lowest BCUT2D eigenvalue weighted by molar-refractivity contribution is -0.137. The first-order valence-corrected chi connectivity index (χ1v) is 6.99. The van der Waals surface area contributed by atoms with Crippen molar-refractivity contribution in [2.75, 3.05) is 25.4 Å². The van der Waals surface area contributed by atoms with Gasteiger partial charge in [-0.05, 0) is 6.42 Å². The van der Waals surface area contributed by atoms with Crippen LogP contribution in [0.25, 0.3) is 0 Å². The molecule has 0 aliphatic carbocycles. The van der Waals surface area contributed by atoms with Crippen molar-refractivity contribution in [2.45, 2.75) is 19.3 Å². The average molecular weight is 264 g/mol. The highest BCUT2D eigenvalue weighted by atomic mass is 32.2. The number of carboxylic acids is 1. The van der Waals surface area contributed by atoms with E-state index in [1.165, 1.54) is 4.31 Å². The van der Waals surface area contributed by atoms with Gasteiger partial charge in [0.15, 0.2) is 0 Å². The summed E-state index contributed by atoms with van der Waals surface area (Å²) in [4.78, 5) is 21.3. The molecule has 0 bridgehead atoms. The number of hydrogen-bond donors (Lipinski definition) is 2. The summed E-state index contributed by atoms with van der Waals surface area (Å²) in [7, 11) is -3.45. The Morgan fingerprint density at radius 2 is 2.12 bits per heavy atom. The van der Waals surface area contributed by atoms with Gasteiger partial charge in [-0.2, -0.15) is 4.31 Å². The zero-order valence-electron chi connectivity index (χ0n) is 9.39. The fraction of sp³-hybridized carbons (Fsp3) is 0.778. The molecular weight excluding hydrogens is 248 g/mol. The minimum absolute atomic E-state index is 0.0928. The van der Waals surface area contributed by atoms with E-state index in [2.05, 4.69) is 5.32 Å². The Kier molecular flexibility index (Phi) is 4.88. The molecule has 0 saturated carbocycles. The monoisotopic (exact) mass is 264 g/mol. The molecule has 0 spiro atoms. The number of rotatable bonds is 5. The second kappa shape index (κ2) is 5.97. The van der Waals surface area contributed by atoms with Crippen LogP contribution in [0.15, 0.2) is 0 Å². The van der Waals surface area contributed by atoms with E-state index >= 15 is 0 Å². The van der Waals surface area contributed by atoms with Crippen molar-refractivity contribution in [3.63, 3.8) is 0 Å². The molecule has 2 N–H and O–H groups in total. The first kappa shape index (κ1) is 13.9. The van der Waals surface area contributed by atoms with Crippen molar-refractivity contribution in [1.29, 1.82) is 0 Å². The number of amides is 1. The third kappa shape index (κ3) is 4.70. The summed E-state index contributed by atoms with van der Waals surface area (Å²) < 4.78 is 24.9. The third-order valence-corrected chi connectivity index (χ3v) is 4.41. The lowest BCUT2D eigenvalue weighted by Crippen LogP contribution is -2.36. The zero-order chi connectivity index (χ0) is 12.9. The van der Waals surface area contributed by atoms with E-state index in [1.54, 1.807) is 0 Å². The van der Waals surface area contributed by atoms with Gasteiger partial charge in [-0.1, -0.05) is 0 Å². The van der Waals surface area contributed by atoms with E-state index in [4.69, 9.17) is 5.11 Å². The van der Waals surface area contributed by atoms with Gasteiger partial charge in [0.05, 0.1) is 5.75 Å². The van der Waals surface area contributed by atoms with Crippen LogP contribution in [0.3, 0.4) is 0 Å². The van der Waals surface area contributed by atoms with Crippen molar-refractivity contribution in [1.82, 2.24) is 9.62 Å². The molecule has 0 aromatic rings. The molecule has 1 saturated heterocycles. The molecule has 98 valence electrons. The highest BCUT2D eigenvalue weighted by Crippen LogP contribution is 2.07. The van der Waals surface area contributed by atoms with Crippen LogP contribution < -0.4 is 5.32 Å². The molecule has 1 fully saturated rings. The van der Waals surface area contributed by atoms with Crippen LogP contribution in [-0.2, 0) is 19.6 Å². The van der Waals surface area contributed by atoms with Crippen molar-refractivity contribution < 1.29 is 23.1 Å². The van der Waals surface area contributed by atoms with Gasteiger partial charge in [-0.25, -0.2) is 8.42 Å². The van der Waals surface area contributed by atoms with Crippen LogP contribution in [-0.4, -0.2) is 55.1 Å². The van der Waals surface area contributed by atoms with E-state index in [9.17, 15) is 18.0 Å². The molecule has 7 nitrogen and oxygen atoms in total. The summed E-state index contributed by atoms with van der Waals surface area (Å²) in [5.74, 6) is -1.35. The number of aliphatic carboxylic acids is 1. The third-order valence-electron chi connectivity index (χ3n) is 2.46. The van der Waals surface area contributed by atoms with Crippen LogP contribution in [0.4, 0.5) is 0 Å². The van der Waals surface area contributed by atoms with Crippen molar-refractivity contribution in [3.8, 4) is 0 Å². The average Bonchev–Trinajstić information content (AvgIpc) is 2.42. The van der Waals surface area contributed by atoms with Crippen molar-refractivity contribution in [3.05, 3.63) is 0 Å². The van der Waals surface area contributed by atoms with Gasteiger partial charge in [0.1, 0.15) is 0 Å². The summed E-state index contributed by atoms with van der Waals surface area (Å²) in [5.41, 5.74) is 0. The highest BCUT2D eigenvalue weighted by molar-refractivity contribution is 7.89. The summed E-state index contributed by atoms with van der Waals surface area (Å²) in [6, 6.07) is 0. The number of nitrogens with zero attached hydrogens (tertiary/aromatic N) is 1. The molecule has 0 radical (unpaired) electrons. The van der Waals surface area contributed by atoms with Crippen LogP contribution in [0.1, 0.15) is 19.3 Å². The van der Waals surface area contributed by atoms with Crippen LogP contribution in [0.2, 0.25) is 0 Å². The maximum absolute atomic E-state index is 11.8. The van der Waals surface area contributed by atoms with Gasteiger partial charge in [0, 0.05) is 32.5 Å². The molecule has 1 rings (SSSR count). The quantitative estimate of drug-likeness (QED) is 0.663. The van der Waals surface area contributed by atoms with Gasteiger partial charge in [-0.15, -0.1) is 0 Å². The molecule has 0 unspecified atom stereocenters. The lowest BCUT2D eigenvalue weighted by Gasteiger charge is -2.18. The maximum Gasteiger partial charge on any atom is 0.303 e. The summed E-state index contributed by atoms with van der Waals surface area (Å²) in [6.07, 6.45) is 0.0813. The molecule has 1 heterocycles. The Hall–Kier alpha value is -1.15. The minimum atomic E-state index is -3.45. The van der Waals surface area contributed by atoms with Gasteiger partial charge < -0.3 is 10.4 Å². The van der Waals surface area contributed by atoms with Gasteiger partial charge in [-0.3, -0.25) is 9.59 Å². The Balaban J connectivity index is 2.51. The molecule has 1 amide bonds. The summed E-state index contributed by atoms with van der Waals surface area (Å²) >= 11 is 0. The Labute approximate surface area is 99.8 Å². The van der Waals surface area contributed by atoms with E-state index in [-0.39, 0.29) is 44.0 Å². The molecule has 8 heteroatoms. The summed E-state index contributed by atoms with van der Waals surface area (Å²) in [6.45, 7) is 0.722. The second-order valence-electron chi connectivity index (χ2n) is 3.81. The lowest BCUT2D eigenvalue weighted by atomic mass is 10.3. The first-order valence-electron chi connectivity index (χ1n) is 5.38. The van der Waals surface area contributed by atoms with Crippen LogP contribution in [0, 0.1) is 0 Å². The molecule has 17 heavy (non-hydrogen) atoms. The molecular formula is C9H16N2O5S. The number of nitrogens with one attached hydrogen (secondary N) is 1. The molecule has 0 atom stereocenters. The SMILES string of the molecule is O=C(O)CCCS(=O)(=O)N1CCNC(=O)CC1. The van der Waals surface area contributed by atoms with Gasteiger partial charge in [0.25, 0.3) is 0 Å². The highest BCUT2D eigenvalue weighted by Gasteiger charge is 2.24. The smallest absolute Gasteiger partial charge is 0.303 e. The van der Waals surface area contributed by atoms with Gasteiger partial charge >= 0.3 is 5.97 Å². The maximum atomic E-state index is 11.8. The largest absolute Gasteiger partial charge is 0.481 e. The fourth-order valence-corrected chi connectivity index (χ4v) is 3.07. The number of hydrogen-bond acceptors (Lipinski definition) is 4. The van der Waals surface area contributed by atoms with Crippen molar-refractivity contribution in [2.24, 2.45) is 0 Å². The predicted molar refractivity (Wildman–Crippen MR) is 59.9 cm³/mol. The zero-order valence-corrected chi connectivity index (χ0v) is 10.2. The number of carbonyl (C=O) groups is 2. The molecule has 0 aromatic heterocycles. The van der Waals surface area contributed by atoms with Crippen molar-refractivity contribution >= 4 is 21.9 Å². The predicted octanol–water partition coefficient (Wildman–Crippen LogP) is -0.997. The fourth-order valence-electron chi connectivity index (χ4n) is 1.56. The molecule has 1 aliphatic heterocycles.